The van der Waals surface area contributed by atoms with E-state index in [0.717, 1.165) is 19.4 Å². The van der Waals surface area contributed by atoms with Gasteiger partial charge in [0.05, 0.1) is 71.6 Å². The van der Waals surface area contributed by atoms with Gasteiger partial charge in [0.2, 0.25) is 0 Å². The summed E-state index contributed by atoms with van der Waals surface area (Å²) < 4.78 is 36.6. The monoisotopic (exact) mass is 442 g/mol. The van der Waals surface area contributed by atoms with Crippen LogP contribution < -0.4 is 4.74 Å². The molecule has 0 unspecified atom stereocenters. The van der Waals surface area contributed by atoms with Crippen LogP contribution in [0.2, 0.25) is 0 Å². The molecule has 0 heterocycles. The van der Waals surface area contributed by atoms with Crippen molar-refractivity contribution in [3.05, 3.63) is 29.3 Å². The molecule has 1 aromatic carbocycles. The smallest absolute Gasteiger partial charge is 0.338 e. The van der Waals surface area contributed by atoms with Gasteiger partial charge >= 0.3 is 11.9 Å². The van der Waals surface area contributed by atoms with Gasteiger partial charge in [0.15, 0.2) is 0 Å². The largest absolute Gasteiger partial charge is 0.491 e. The minimum absolute atomic E-state index is 0.0795. The number of methoxy groups -OCH3 is 2. The van der Waals surface area contributed by atoms with Crippen LogP contribution in [-0.2, 0) is 28.4 Å². The third-order valence-corrected chi connectivity index (χ3v) is 4.06. The highest BCUT2D eigenvalue weighted by molar-refractivity contribution is 6.03. The van der Waals surface area contributed by atoms with E-state index < -0.39 is 11.9 Å². The number of unbranched alkanes of at least 4 members (excludes halogenated alkanes) is 1. The van der Waals surface area contributed by atoms with E-state index in [9.17, 15) is 9.59 Å². The van der Waals surface area contributed by atoms with E-state index in [-0.39, 0.29) is 17.7 Å². The van der Waals surface area contributed by atoms with Crippen LogP contribution in [0.15, 0.2) is 18.2 Å². The van der Waals surface area contributed by atoms with Gasteiger partial charge in [-0.2, -0.15) is 0 Å². The highest BCUT2D eigenvalue weighted by Gasteiger charge is 2.19. The number of esters is 2. The van der Waals surface area contributed by atoms with Gasteiger partial charge in [0.25, 0.3) is 0 Å². The number of benzene rings is 1. The quantitative estimate of drug-likeness (QED) is 0.251. The van der Waals surface area contributed by atoms with E-state index in [1.807, 2.05) is 0 Å². The molecular weight excluding hydrogens is 408 g/mol. The Hall–Kier alpha value is -2.20. The van der Waals surface area contributed by atoms with Crippen molar-refractivity contribution in [2.75, 3.05) is 73.7 Å². The van der Waals surface area contributed by atoms with Crippen LogP contribution in [0.3, 0.4) is 0 Å². The molecule has 0 aliphatic rings. The van der Waals surface area contributed by atoms with Gasteiger partial charge in [-0.1, -0.05) is 13.3 Å². The summed E-state index contributed by atoms with van der Waals surface area (Å²) in [6, 6.07) is 4.48. The third kappa shape index (κ3) is 11.7. The zero-order chi connectivity index (χ0) is 22.7. The van der Waals surface area contributed by atoms with Crippen molar-refractivity contribution in [3.8, 4) is 5.75 Å². The second-order valence-corrected chi connectivity index (χ2v) is 6.34. The highest BCUT2D eigenvalue weighted by Crippen LogP contribution is 2.20. The molecule has 0 spiro atoms. The summed E-state index contributed by atoms with van der Waals surface area (Å²) >= 11 is 0. The zero-order valence-corrected chi connectivity index (χ0v) is 18.7. The molecule has 9 heteroatoms. The van der Waals surface area contributed by atoms with Crippen molar-refractivity contribution in [1.82, 2.24) is 0 Å². The van der Waals surface area contributed by atoms with Crippen molar-refractivity contribution in [2.24, 2.45) is 0 Å². The van der Waals surface area contributed by atoms with Crippen molar-refractivity contribution >= 4 is 11.9 Å². The maximum atomic E-state index is 11.9. The average Bonchev–Trinajstić information content (AvgIpc) is 2.80. The van der Waals surface area contributed by atoms with Crippen LogP contribution in [0.1, 0.15) is 40.5 Å². The first kappa shape index (κ1) is 26.8. The zero-order valence-electron chi connectivity index (χ0n) is 18.7. The van der Waals surface area contributed by atoms with Crippen LogP contribution in [-0.4, -0.2) is 85.6 Å². The molecule has 176 valence electrons. The molecule has 1 aromatic rings. The van der Waals surface area contributed by atoms with Crippen LogP contribution in [0.5, 0.6) is 5.75 Å². The Balaban J connectivity index is 2.11. The molecule has 0 aliphatic carbocycles. The SMILES string of the molecule is CCCCOCCOCCOCCOCCOc1ccc(C(=O)OC)c(C(=O)OC)c1. The number of rotatable bonds is 18. The summed E-state index contributed by atoms with van der Waals surface area (Å²) in [5, 5.41) is 0. The predicted octanol–water partition coefficient (Wildman–Crippen LogP) is 2.51. The van der Waals surface area contributed by atoms with Crippen LogP contribution in [0.4, 0.5) is 0 Å². The number of hydrogen-bond acceptors (Lipinski definition) is 9. The maximum absolute atomic E-state index is 11.9. The summed E-state index contributed by atoms with van der Waals surface area (Å²) in [6.45, 7) is 6.61. The Labute approximate surface area is 183 Å². The van der Waals surface area contributed by atoms with Gasteiger partial charge in [-0.3, -0.25) is 0 Å². The number of hydrogen-bond donors (Lipinski definition) is 0. The fourth-order valence-electron chi connectivity index (χ4n) is 2.41. The van der Waals surface area contributed by atoms with Gasteiger partial charge in [-0.05, 0) is 24.6 Å². The minimum Gasteiger partial charge on any atom is -0.491 e. The first-order valence-corrected chi connectivity index (χ1v) is 10.4. The topological polar surface area (TPSA) is 98.8 Å². The lowest BCUT2D eigenvalue weighted by molar-refractivity contribution is -0.00478. The lowest BCUT2D eigenvalue weighted by atomic mass is 10.1. The van der Waals surface area contributed by atoms with E-state index >= 15 is 0 Å². The molecule has 0 aliphatic heterocycles. The van der Waals surface area contributed by atoms with Crippen molar-refractivity contribution < 1.29 is 42.7 Å². The van der Waals surface area contributed by atoms with E-state index in [2.05, 4.69) is 11.7 Å². The molecule has 0 fully saturated rings. The van der Waals surface area contributed by atoms with Crippen LogP contribution >= 0.6 is 0 Å². The molecular formula is C22H34O9. The Morgan fingerprint density at radius 1 is 0.677 bits per heavy atom. The molecule has 0 saturated heterocycles. The molecule has 0 bridgehead atoms. The summed E-state index contributed by atoms with van der Waals surface area (Å²) in [7, 11) is 2.48. The number of carbonyl (C=O) groups excluding carboxylic acids is 2. The van der Waals surface area contributed by atoms with E-state index in [4.69, 9.17) is 28.4 Å². The summed E-state index contributed by atoms with van der Waals surface area (Å²) in [4.78, 5) is 23.6. The van der Waals surface area contributed by atoms with Gasteiger partial charge in [-0.25, -0.2) is 9.59 Å². The van der Waals surface area contributed by atoms with E-state index in [1.165, 1.54) is 26.4 Å². The van der Waals surface area contributed by atoms with Gasteiger partial charge in [0.1, 0.15) is 12.4 Å². The highest BCUT2D eigenvalue weighted by atomic mass is 16.6. The minimum atomic E-state index is -0.646. The standard InChI is InChI=1S/C22H34O9/c1-4-5-8-27-9-10-28-11-12-29-13-14-30-15-16-31-18-6-7-19(21(23)25-2)20(17-18)22(24)26-3/h6-7,17H,4-5,8-16H2,1-3H3. The van der Waals surface area contributed by atoms with Crippen LogP contribution in [0.25, 0.3) is 0 Å². The predicted molar refractivity (Wildman–Crippen MR) is 113 cm³/mol. The first-order chi connectivity index (χ1) is 15.1. The van der Waals surface area contributed by atoms with E-state index in [0.29, 0.717) is 52.0 Å². The lowest BCUT2D eigenvalue weighted by Gasteiger charge is -2.11. The maximum Gasteiger partial charge on any atom is 0.338 e. The Bertz CT molecular complexity index is 633. The van der Waals surface area contributed by atoms with Gasteiger partial charge in [0, 0.05) is 6.61 Å². The lowest BCUT2D eigenvalue weighted by Crippen LogP contribution is -2.14. The van der Waals surface area contributed by atoms with Gasteiger partial charge < -0.3 is 33.2 Å². The molecule has 31 heavy (non-hydrogen) atoms. The molecule has 9 nitrogen and oxygen atoms in total. The number of carbonyl (C=O) groups is 2. The first-order valence-electron chi connectivity index (χ1n) is 10.4. The Morgan fingerprint density at radius 2 is 1.16 bits per heavy atom. The molecule has 0 radical (unpaired) electrons. The molecule has 0 saturated carbocycles. The third-order valence-electron chi connectivity index (χ3n) is 4.06. The summed E-state index contributed by atoms with van der Waals surface area (Å²) in [5.41, 5.74) is 0.194. The normalized spacial score (nSPS) is 10.7. The van der Waals surface area contributed by atoms with Crippen LogP contribution in [0, 0.1) is 0 Å². The second-order valence-electron chi connectivity index (χ2n) is 6.34. The second kappa shape index (κ2) is 17.5. The van der Waals surface area contributed by atoms with Gasteiger partial charge in [-0.15, -0.1) is 0 Å². The molecule has 0 atom stereocenters. The fourth-order valence-corrected chi connectivity index (χ4v) is 2.41. The molecule has 1 rings (SSSR count). The summed E-state index contributed by atoms with van der Waals surface area (Å²) in [5.74, 6) is -0.850. The molecule has 0 aromatic heterocycles. The number of ether oxygens (including phenoxy) is 7. The van der Waals surface area contributed by atoms with Crippen molar-refractivity contribution in [2.45, 2.75) is 19.8 Å². The average molecular weight is 443 g/mol. The van der Waals surface area contributed by atoms with Crippen molar-refractivity contribution in [1.29, 1.82) is 0 Å². The summed E-state index contributed by atoms with van der Waals surface area (Å²) in [6.07, 6.45) is 2.20. The fraction of sp³-hybridized carbons (Fsp3) is 0.636. The van der Waals surface area contributed by atoms with E-state index in [1.54, 1.807) is 6.07 Å². The molecule has 0 N–H and O–H groups in total. The Morgan fingerprint density at radius 3 is 1.68 bits per heavy atom. The van der Waals surface area contributed by atoms with Crippen molar-refractivity contribution in [3.63, 3.8) is 0 Å². The molecule has 0 amide bonds. The Kier molecular flexibility index (Phi) is 15.1.